The van der Waals surface area contributed by atoms with E-state index in [0.29, 0.717) is 0 Å². The van der Waals surface area contributed by atoms with Crippen LogP contribution in [0.1, 0.15) is 0 Å². The van der Waals surface area contributed by atoms with E-state index in [2.05, 4.69) is 0 Å². The molecule has 0 aliphatic rings. The van der Waals surface area contributed by atoms with Crippen molar-refractivity contribution >= 4 is 29.6 Å². The molecule has 0 aromatic rings. The summed E-state index contributed by atoms with van der Waals surface area (Å²) in [5.74, 6) is 0. The predicted octanol–water partition coefficient (Wildman–Crippen LogP) is 0.105. The van der Waals surface area contributed by atoms with Gasteiger partial charge in [-0.1, -0.05) is 0 Å². The van der Waals surface area contributed by atoms with E-state index in [-0.39, 0.29) is 48.0 Å². The van der Waals surface area contributed by atoms with Crippen LogP contribution in [0.4, 0.5) is 0 Å². The van der Waals surface area contributed by atoms with Crippen molar-refractivity contribution in [3.05, 3.63) is 0 Å². The van der Waals surface area contributed by atoms with Crippen molar-refractivity contribution in [3.63, 3.8) is 0 Å². The van der Waals surface area contributed by atoms with Crippen LogP contribution in [0.2, 0.25) is 0 Å². The number of rotatable bonds is 0. The van der Waals surface area contributed by atoms with Crippen molar-refractivity contribution < 1.29 is 0 Å². The molecule has 0 fully saturated rings. The molecule has 0 atom stereocenters. The van der Waals surface area contributed by atoms with Gasteiger partial charge in [-0.2, -0.15) is 0 Å². The molecule has 0 amide bonds. The molecule has 0 bridgehead atoms. The number of hydrogen-bond donors (Lipinski definition) is 3. The fraction of sp³-hybridized carbons (Fsp3) is 0. The SMILES string of the molecule is N.N.N.[Na]. The molecule has 9 N–H and O–H groups in total. The molecule has 4 heavy (non-hydrogen) atoms. The predicted molar refractivity (Wildman–Crippen MR) is 20.8 cm³/mol. The fourth-order valence-electron chi connectivity index (χ4n) is 0. The van der Waals surface area contributed by atoms with Crippen LogP contribution >= 0.6 is 0 Å². The summed E-state index contributed by atoms with van der Waals surface area (Å²) < 4.78 is 0. The maximum absolute atomic E-state index is 0. The molecule has 0 aromatic carbocycles. The Bertz CT molecular complexity index is 3.25. The van der Waals surface area contributed by atoms with E-state index >= 15 is 0 Å². The van der Waals surface area contributed by atoms with Gasteiger partial charge in [0.1, 0.15) is 0 Å². The molecule has 1 radical (unpaired) electrons. The van der Waals surface area contributed by atoms with Crippen LogP contribution in [0.5, 0.6) is 0 Å². The Hall–Kier alpha value is 0.880. The first-order chi connectivity index (χ1) is 0. The molecule has 0 aromatic heterocycles. The molecule has 0 aliphatic carbocycles. The van der Waals surface area contributed by atoms with Gasteiger partial charge >= 0.3 is 0 Å². The van der Waals surface area contributed by atoms with E-state index in [1.54, 1.807) is 0 Å². The third-order valence-corrected chi connectivity index (χ3v) is 0. The summed E-state index contributed by atoms with van der Waals surface area (Å²) >= 11 is 0. The van der Waals surface area contributed by atoms with Crippen molar-refractivity contribution in [1.82, 2.24) is 18.5 Å². The maximum atomic E-state index is 0. The van der Waals surface area contributed by atoms with Gasteiger partial charge in [-0.3, -0.25) is 0 Å². The molecule has 0 saturated heterocycles. The topological polar surface area (TPSA) is 105 Å². The second-order valence-corrected chi connectivity index (χ2v) is 0. The molecule has 0 heterocycles. The zero-order valence-corrected chi connectivity index (χ0v) is 5.12. The summed E-state index contributed by atoms with van der Waals surface area (Å²) in [4.78, 5) is 0. The summed E-state index contributed by atoms with van der Waals surface area (Å²) in [6.07, 6.45) is 0. The molecular formula is H9N3Na. The Morgan fingerprint density at radius 3 is 0.500 bits per heavy atom. The minimum Gasteiger partial charge on any atom is -0.344 e. The molecular weight excluding hydrogens is 65.0 g/mol. The zero-order valence-electron chi connectivity index (χ0n) is 3.12. The van der Waals surface area contributed by atoms with Crippen LogP contribution in [-0.4, -0.2) is 29.6 Å². The van der Waals surface area contributed by atoms with Crippen molar-refractivity contribution in [2.24, 2.45) is 0 Å². The Morgan fingerprint density at radius 2 is 0.500 bits per heavy atom. The second-order valence-electron chi connectivity index (χ2n) is 0. The molecule has 0 unspecified atom stereocenters. The van der Waals surface area contributed by atoms with Gasteiger partial charge in [0.15, 0.2) is 0 Å². The van der Waals surface area contributed by atoms with E-state index in [9.17, 15) is 0 Å². The Kier molecular flexibility index (Phi) is 986. The molecule has 25 valence electrons. The van der Waals surface area contributed by atoms with Crippen LogP contribution in [0.3, 0.4) is 0 Å². The van der Waals surface area contributed by atoms with Gasteiger partial charge in [0.25, 0.3) is 0 Å². The fourth-order valence-corrected chi connectivity index (χ4v) is 0. The zero-order chi connectivity index (χ0) is 0. The second kappa shape index (κ2) is 41.6. The standard InChI is InChI=1S/3H3N.Na/h3*1H3;. The molecule has 0 saturated carbocycles. The summed E-state index contributed by atoms with van der Waals surface area (Å²) in [5.41, 5.74) is 0. The van der Waals surface area contributed by atoms with E-state index in [1.807, 2.05) is 0 Å². The van der Waals surface area contributed by atoms with Crippen molar-refractivity contribution in [3.8, 4) is 0 Å². The minimum absolute atomic E-state index is 0. The minimum atomic E-state index is 0. The smallest absolute Gasteiger partial charge is 0 e. The largest absolute Gasteiger partial charge is 0.344 e. The van der Waals surface area contributed by atoms with E-state index < -0.39 is 0 Å². The van der Waals surface area contributed by atoms with Gasteiger partial charge in [-0.05, 0) is 0 Å². The monoisotopic (exact) mass is 74.1 g/mol. The molecule has 0 aliphatic heterocycles. The summed E-state index contributed by atoms with van der Waals surface area (Å²) in [6, 6.07) is 0. The Balaban J connectivity index is 0. The first-order valence-corrected chi connectivity index (χ1v) is 0. The van der Waals surface area contributed by atoms with Crippen molar-refractivity contribution in [2.45, 2.75) is 0 Å². The third-order valence-electron chi connectivity index (χ3n) is 0. The van der Waals surface area contributed by atoms with Gasteiger partial charge in [-0.15, -0.1) is 0 Å². The first kappa shape index (κ1) is 94.9. The van der Waals surface area contributed by atoms with Gasteiger partial charge in [0, 0.05) is 29.6 Å². The average molecular weight is 74.1 g/mol. The van der Waals surface area contributed by atoms with Gasteiger partial charge in [0.2, 0.25) is 0 Å². The summed E-state index contributed by atoms with van der Waals surface area (Å²) in [6.45, 7) is 0. The first-order valence-electron chi connectivity index (χ1n) is 0. The van der Waals surface area contributed by atoms with Crippen LogP contribution in [0.25, 0.3) is 0 Å². The van der Waals surface area contributed by atoms with Crippen LogP contribution in [-0.2, 0) is 0 Å². The molecule has 0 rings (SSSR count). The third kappa shape index (κ3) is 13.1. The number of hydrogen-bond acceptors (Lipinski definition) is 3. The van der Waals surface area contributed by atoms with Crippen molar-refractivity contribution in [1.29, 1.82) is 0 Å². The van der Waals surface area contributed by atoms with E-state index in [1.165, 1.54) is 0 Å². The quantitative estimate of drug-likeness (QED) is 0.355. The normalized spacial score (nSPS) is 0. The van der Waals surface area contributed by atoms with E-state index in [4.69, 9.17) is 0 Å². The Labute approximate surface area is 48.2 Å². The molecule has 0 spiro atoms. The van der Waals surface area contributed by atoms with Crippen LogP contribution in [0.15, 0.2) is 0 Å². The van der Waals surface area contributed by atoms with Crippen LogP contribution in [0, 0.1) is 0 Å². The Morgan fingerprint density at radius 1 is 0.500 bits per heavy atom. The van der Waals surface area contributed by atoms with Gasteiger partial charge in [-0.25, -0.2) is 0 Å². The summed E-state index contributed by atoms with van der Waals surface area (Å²) in [7, 11) is 0. The van der Waals surface area contributed by atoms with Gasteiger partial charge in [0.05, 0.1) is 0 Å². The van der Waals surface area contributed by atoms with Crippen molar-refractivity contribution in [2.75, 3.05) is 0 Å². The van der Waals surface area contributed by atoms with Gasteiger partial charge < -0.3 is 18.5 Å². The molecule has 4 heteroatoms. The molecule has 3 nitrogen and oxygen atoms in total. The maximum Gasteiger partial charge on any atom is 0 e. The summed E-state index contributed by atoms with van der Waals surface area (Å²) in [5, 5.41) is 0. The van der Waals surface area contributed by atoms with E-state index in [0.717, 1.165) is 0 Å². The van der Waals surface area contributed by atoms with Crippen LogP contribution < -0.4 is 18.5 Å². The average Bonchev–Trinajstić information content (AvgIpc) is 0.